The highest BCUT2D eigenvalue weighted by molar-refractivity contribution is 6.74. The maximum atomic E-state index is 11.3. The van der Waals surface area contributed by atoms with Gasteiger partial charge in [0.2, 0.25) is 0 Å². The van der Waals surface area contributed by atoms with Crippen LogP contribution in [0.1, 0.15) is 87.5 Å². The lowest BCUT2D eigenvalue weighted by Gasteiger charge is -2.62. The fraction of sp³-hybridized carbons (Fsp3) is 0.871. The van der Waals surface area contributed by atoms with Crippen LogP contribution in [0.25, 0.3) is 0 Å². The highest BCUT2D eigenvalue weighted by atomic mass is 28.4. The Morgan fingerprint density at radius 3 is 1.92 bits per heavy atom. The maximum Gasteiger partial charge on any atom is 0.194 e. The third-order valence-corrected chi connectivity index (χ3v) is 20.2. The van der Waals surface area contributed by atoms with Gasteiger partial charge in [-0.05, 0) is 92.5 Å². The van der Waals surface area contributed by atoms with E-state index in [0.29, 0.717) is 11.8 Å². The SMILES string of the molecule is C=CC1(O)C(C)[C@@H]2[C@@H](C#C[C@@](C)(O[Si](C)(C)C(C)(C)C)C3CCC3)[C@H](O[Si](C)(C)C(C)(C)C)CC[C@@H]21. The van der Waals surface area contributed by atoms with Crippen LogP contribution in [-0.2, 0) is 8.85 Å². The summed E-state index contributed by atoms with van der Waals surface area (Å²) < 4.78 is 14.2. The van der Waals surface area contributed by atoms with Crippen LogP contribution in [0.4, 0.5) is 0 Å². The molecule has 5 heteroatoms. The van der Waals surface area contributed by atoms with Gasteiger partial charge in [0.1, 0.15) is 5.60 Å². The molecule has 36 heavy (non-hydrogen) atoms. The largest absolute Gasteiger partial charge is 0.413 e. The maximum absolute atomic E-state index is 11.3. The lowest BCUT2D eigenvalue weighted by Crippen LogP contribution is -2.66. The first-order valence-corrected chi connectivity index (χ1v) is 20.3. The topological polar surface area (TPSA) is 38.7 Å². The third kappa shape index (κ3) is 5.24. The summed E-state index contributed by atoms with van der Waals surface area (Å²) in [6, 6.07) is 0. The van der Waals surface area contributed by atoms with E-state index in [2.05, 4.69) is 100.0 Å². The summed E-state index contributed by atoms with van der Waals surface area (Å²) in [5.41, 5.74) is -1.20. The fourth-order valence-electron chi connectivity index (χ4n) is 6.23. The van der Waals surface area contributed by atoms with Gasteiger partial charge in [0.05, 0.1) is 11.7 Å². The van der Waals surface area contributed by atoms with Crippen LogP contribution >= 0.6 is 0 Å². The second-order valence-electron chi connectivity index (χ2n) is 15.5. The van der Waals surface area contributed by atoms with Crippen LogP contribution in [0.5, 0.6) is 0 Å². The minimum Gasteiger partial charge on any atom is -0.413 e. The molecule has 0 amide bonds. The first kappa shape index (κ1) is 30.2. The summed E-state index contributed by atoms with van der Waals surface area (Å²) in [4.78, 5) is 0. The van der Waals surface area contributed by atoms with Gasteiger partial charge in [0, 0.05) is 5.92 Å². The molecule has 0 aromatic carbocycles. The van der Waals surface area contributed by atoms with E-state index in [1.807, 2.05) is 0 Å². The zero-order chi connectivity index (χ0) is 27.5. The first-order chi connectivity index (χ1) is 16.2. The Hall–Kier alpha value is -0.386. The summed E-state index contributed by atoms with van der Waals surface area (Å²) in [5, 5.41) is 11.6. The van der Waals surface area contributed by atoms with Crippen molar-refractivity contribution in [3.63, 3.8) is 0 Å². The molecule has 2 unspecified atom stereocenters. The van der Waals surface area contributed by atoms with Gasteiger partial charge >= 0.3 is 0 Å². The highest BCUT2D eigenvalue weighted by Crippen LogP contribution is 2.59. The minimum atomic E-state index is -1.99. The van der Waals surface area contributed by atoms with Gasteiger partial charge < -0.3 is 14.0 Å². The normalized spacial score (nSPS) is 35.4. The van der Waals surface area contributed by atoms with Crippen molar-refractivity contribution in [1.29, 1.82) is 0 Å². The second kappa shape index (κ2) is 9.66. The number of aliphatic hydroxyl groups is 1. The van der Waals surface area contributed by atoms with Gasteiger partial charge in [-0.15, -0.1) is 6.58 Å². The van der Waals surface area contributed by atoms with Crippen molar-refractivity contribution < 1.29 is 14.0 Å². The van der Waals surface area contributed by atoms with E-state index < -0.39 is 27.8 Å². The van der Waals surface area contributed by atoms with Crippen LogP contribution < -0.4 is 0 Å². The zero-order valence-electron chi connectivity index (χ0n) is 25.5. The fourth-order valence-corrected chi connectivity index (χ4v) is 9.19. The summed E-state index contributed by atoms with van der Waals surface area (Å²) in [5.74, 6) is 8.94. The predicted molar refractivity (Wildman–Crippen MR) is 158 cm³/mol. The minimum absolute atomic E-state index is 0.120. The molecule has 0 aromatic heterocycles. The molecule has 3 aliphatic carbocycles. The average Bonchev–Trinajstić information content (AvgIpc) is 2.67. The standard InChI is InChI=1S/C31H56O3Si2/c1-14-31(32)22(2)27-24(26(19-18-25(27)31)33-35(10,11)28(3,4)5)20-21-30(9,23-16-15-17-23)34-36(12,13)29(6,7)8/h14,22-27,32H,1,15-19H2,2-13H3/t22?,24-,25-,26+,27+,30+,31?/m0/s1. The zero-order valence-corrected chi connectivity index (χ0v) is 27.5. The Kier molecular flexibility index (Phi) is 8.10. The lowest BCUT2D eigenvalue weighted by molar-refractivity contribution is -0.199. The molecule has 0 saturated heterocycles. The van der Waals surface area contributed by atoms with Crippen LogP contribution in [0.3, 0.4) is 0 Å². The van der Waals surface area contributed by atoms with Crippen LogP contribution in [0.15, 0.2) is 12.7 Å². The van der Waals surface area contributed by atoms with E-state index >= 15 is 0 Å². The Morgan fingerprint density at radius 1 is 0.917 bits per heavy atom. The Morgan fingerprint density at radius 2 is 1.47 bits per heavy atom. The van der Waals surface area contributed by atoms with Crippen molar-refractivity contribution in [3.05, 3.63) is 12.7 Å². The Balaban J connectivity index is 2.00. The van der Waals surface area contributed by atoms with Crippen molar-refractivity contribution in [2.24, 2.45) is 29.6 Å². The van der Waals surface area contributed by atoms with Crippen molar-refractivity contribution in [2.45, 2.75) is 141 Å². The molecule has 206 valence electrons. The number of hydrogen-bond acceptors (Lipinski definition) is 3. The van der Waals surface area contributed by atoms with E-state index in [1.165, 1.54) is 19.3 Å². The monoisotopic (exact) mass is 532 g/mol. The molecular formula is C31H56O3Si2. The van der Waals surface area contributed by atoms with Crippen LogP contribution in [0, 0.1) is 41.4 Å². The van der Waals surface area contributed by atoms with Gasteiger partial charge in [0.15, 0.2) is 16.6 Å². The first-order valence-electron chi connectivity index (χ1n) is 14.5. The molecule has 1 N–H and O–H groups in total. The van der Waals surface area contributed by atoms with Gasteiger partial charge in [-0.3, -0.25) is 0 Å². The molecule has 3 fully saturated rings. The predicted octanol–water partition coefficient (Wildman–Crippen LogP) is 8.17. The van der Waals surface area contributed by atoms with E-state index in [9.17, 15) is 5.11 Å². The molecule has 0 spiro atoms. The average molecular weight is 533 g/mol. The van der Waals surface area contributed by atoms with Gasteiger partial charge in [-0.25, -0.2) is 0 Å². The lowest BCUT2D eigenvalue weighted by atomic mass is 9.46. The molecule has 7 atom stereocenters. The molecule has 3 saturated carbocycles. The van der Waals surface area contributed by atoms with Crippen molar-refractivity contribution >= 4 is 16.6 Å². The van der Waals surface area contributed by atoms with Crippen molar-refractivity contribution in [1.82, 2.24) is 0 Å². The number of rotatable bonds is 6. The summed E-state index contributed by atoms with van der Waals surface area (Å²) in [6.45, 7) is 31.7. The molecule has 3 aliphatic rings. The third-order valence-electron chi connectivity index (χ3n) is 11.2. The highest BCUT2D eigenvalue weighted by Gasteiger charge is 2.63. The van der Waals surface area contributed by atoms with Gasteiger partial charge in [-0.2, -0.15) is 0 Å². The molecule has 0 radical (unpaired) electrons. The van der Waals surface area contributed by atoms with E-state index in [1.54, 1.807) is 6.08 Å². The molecule has 3 nitrogen and oxygen atoms in total. The van der Waals surface area contributed by atoms with Crippen LogP contribution in [0.2, 0.25) is 36.3 Å². The van der Waals surface area contributed by atoms with E-state index in [4.69, 9.17) is 8.85 Å². The number of hydrogen-bond donors (Lipinski definition) is 1. The second-order valence-corrected chi connectivity index (χ2v) is 24.9. The van der Waals surface area contributed by atoms with Crippen LogP contribution in [-0.4, -0.2) is 39.0 Å². The molecule has 3 rings (SSSR count). The Labute approximate surface area is 225 Å². The number of fused-ring (bicyclic) bond motifs is 1. The van der Waals surface area contributed by atoms with E-state index in [-0.39, 0.29) is 33.9 Å². The molecule has 0 aromatic rings. The van der Waals surface area contributed by atoms with Crippen molar-refractivity contribution in [3.8, 4) is 11.8 Å². The molecule has 0 bridgehead atoms. The summed E-state index contributed by atoms with van der Waals surface area (Å²) in [6.07, 6.45) is 7.53. The quantitative estimate of drug-likeness (QED) is 0.213. The summed E-state index contributed by atoms with van der Waals surface area (Å²) in [7, 11) is -3.95. The van der Waals surface area contributed by atoms with E-state index in [0.717, 1.165) is 12.8 Å². The molecular weight excluding hydrogens is 477 g/mol. The Bertz CT molecular complexity index is 882. The smallest absolute Gasteiger partial charge is 0.194 e. The van der Waals surface area contributed by atoms with Gasteiger partial charge in [-0.1, -0.05) is 72.8 Å². The molecule has 0 heterocycles. The summed E-state index contributed by atoms with van der Waals surface area (Å²) >= 11 is 0. The van der Waals surface area contributed by atoms with Crippen molar-refractivity contribution in [2.75, 3.05) is 0 Å². The van der Waals surface area contributed by atoms with Gasteiger partial charge in [0.25, 0.3) is 0 Å². The molecule has 0 aliphatic heterocycles.